The number of carbonyl (C=O) groups excluding carboxylic acids is 2. The van der Waals surface area contributed by atoms with Crippen LogP contribution in [0.3, 0.4) is 0 Å². The molecule has 0 saturated carbocycles. The smallest absolute Gasteiger partial charge is 0.310 e. The summed E-state index contributed by atoms with van der Waals surface area (Å²) in [6, 6.07) is 20.7. The van der Waals surface area contributed by atoms with E-state index in [1.54, 1.807) is 18.2 Å². The summed E-state index contributed by atoms with van der Waals surface area (Å²) >= 11 is 0. The predicted molar refractivity (Wildman–Crippen MR) is 94.1 cm³/mol. The van der Waals surface area contributed by atoms with Crippen molar-refractivity contribution in [3.8, 4) is 0 Å². The van der Waals surface area contributed by atoms with Gasteiger partial charge in [0.05, 0.1) is 13.5 Å². The zero-order valence-corrected chi connectivity index (χ0v) is 13.3. The van der Waals surface area contributed by atoms with Crippen LogP contribution >= 0.6 is 0 Å². The molecule has 0 unspecified atom stereocenters. The highest BCUT2D eigenvalue weighted by Crippen LogP contribution is 2.19. The summed E-state index contributed by atoms with van der Waals surface area (Å²) in [6.07, 6.45) is 0.116. The molecule has 0 aliphatic heterocycles. The third kappa shape index (κ3) is 3.43. The van der Waals surface area contributed by atoms with E-state index in [2.05, 4.69) is 5.32 Å². The Morgan fingerprint density at radius 3 is 2.42 bits per heavy atom. The van der Waals surface area contributed by atoms with Crippen LogP contribution in [-0.2, 0) is 16.0 Å². The summed E-state index contributed by atoms with van der Waals surface area (Å²) in [5.41, 5.74) is 1.90. The molecule has 0 spiro atoms. The van der Waals surface area contributed by atoms with Gasteiger partial charge < -0.3 is 10.1 Å². The number of hydrogen-bond acceptors (Lipinski definition) is 3. The van der Waals surface area contributed by atoms with E-state index < -0.39 is 0 Å². The first-order valence-electron chi connectivity index (χ1n) is 7.62. The topological polar surface area (TPSA) is 55.4 Å². The molecule has 0 heterocycles. The van der Waals surface area contributed by atoms with Crippen LogP contribution in [-0.4, -0.2) is 19.0 Å². The van der Waals surface area contributed by atoms with E-state index in [1.165, 1.54) is 7.11 Å². The number of benzene rings is 3. The average Bonchev–Trinajstić information content (AvgIpc) is 2.62. The maximum Gasteiger partial charge on any atom is 0.310 e. The number of amides is 1. The summed E-state index contributed by atoms with van der Waals surface area (Å²) in [5, 5.41) is 4.97. The minimum Gasteiger partial charge on any atom is -0.469 e. The molecule has 1 amide bonds. The van der Waals surface area contributed by atoms with Gasteiger partial charge in [0, 0.05) is 11.3 Å². The van der Waals surface area contributed by atoms with Crippen LogP contribution in [0.15, 0.2) is 66.7 Å². The monoisotopic (exact) mass is 319 g/mol. The van der Waals surface area contributed by atoms with Crippen molar-refractivity contribution >= 4 is 28.3 Å². The lowest BCUT2D eigenvalue weighted by molar-refractivity contribution is -0.139. The van der Waals surface area contributed by atoms with Gasteiger partial charge in [-0.1, -0.05) is 48.5 Å². The van der Waals surface area contributed by atoms with Crippen molar-refractivity contribution in [3.63, 3.8) is 0 Å². The second-order valence-corrected chi connectivity index (χ2v) is 5.43. The fourth-order valence-corrected chi connectivity index (χ4v) is 2.55. The third-order valence-electron chi connectivity index (χ3n) is 3.84. The Kier molecular flexibility index (Phi) is 4.57. The molecule has 0 saturated heterocycles. The summed E-state index contributed by atoms with van der Waals surface area (Å²) in [5.74, 6) is -0.555. The van der Waals surface area contributed by atoms with Gasteiger partial charge in [-0.3, -0.25) is 9.59 Å². The summed E-state index contributed by atoms with van der Waals surface area (Å²) in [4.78, 5) is 24.0. The molecule has 24 heavy (non-hydrogen) atoms. The van der Waals surface area contributed by atoms with Crippen molar-refractivity contribution in [2.45, 2.75) is 6.42 Å². The lowest BCUT2D eigenvalue weighted by Crippen LogP contribution is -2.14. The second-order valence-electron chi connectivity index (χ2n) is 5.43. The largest absolute Gasteiger partial charge is 0.469 e. The van der Waals surface area contributed by atoms with Gasteiger partial charge in [0.25, 0.3) is 5.91 Å². The summed E-state index contributed by atoms with van der Waals surface area (Å²) in [6.45, 7) is 0. The maximum absolute atomic E-state index is 12.5. The highest BCUT2D eigenvalue weighted by molar-refractivity contribution is 6.07. The van der Waals surface area contributed by atoms with Crippen LogP contribution < -0.4 is 5.32 Å². The third-order valence-corrected chi connectivity index (χ3v) is 3.84. The summed E-state index contributed by atoms with van der Waals surface area (Å²) < 4.78 is 4.70. The van der Waals surface area contributed by atoms with E-state index in [0.29, 0.717) is 11.3 Å². The molecule has 0 fully saturated rings. The van der Waals surface area contributed by atoms with Crippen molar-refractivity contribution in [1.82, 2.24) is 0 Å². The number of ether oxygens (including phenoxy) is 1. The molecule has 1 N–H and O–H groups in total. The quantitative estimate of drug-likeness (QED) is 0.744. The lowest BCUT2D eigenvalue weighted by atomic mass is 10.1. The molecule has 3 aromatic rings. The number of nitrogens with one attached hydrogen (secondary N) is 1. The first-order chi connectivity index (χ1) is 11.7. The standard InChI is InChI=1S/C20H17NO3/c1-24-19(22)13-16-8-4-5-9-18(16)21-20(23)17-11-10-14-6-2-3-7-15(14)12-17/h2-12H,13H2,1H3,(H,21,23). The summed E-state index contributed by atoms with van der Waals surface area (Å²) in [7, 11) is 1.35. The fourth-order valence-electron chi connectivity index (χ4n) is 2.55. The first kappa shape index (κ1) is 15.7. The molecular formula is C20H17NO3. The molecule has 3 rings (SSSR count). The number of fused-ring (bicyclic) bond motifs is 1. The Hall–Kier alpha value is -3.14. The molecule has 4 heteroatoms. The number of hydrogen-bond donors (Lipinski definition) is 1. The van der Waals surface area contributed by atoms with Gasteiger partial charge in [0.2, 0.25) is 0 Å². The minimum absolute atomic E-state index is 0.116. The predicted octanol–water partition coefficient (Wildman–Crippen LogP) is 3.81. The Morgan fingerprint density at radius 1 is 0.917 bits per heavy atom. The van der Waals surface area contributed by atoms with Crippen LogP contribution in [0, 0.1) is 0 Å². The number of para-hydroxylation sites is 1. The number of rotatable bonds is 4. The number of anilines is 1. The maximum atomic E-state index is 12.5. The van der Waals surface area contributed by atoms with Crippen molar-refractivity contribution in [3.05, 3.63) is 77.9 Å². The normalized spacial score (nSPS) is 10.4. The van der Waals surface area contributed by atoms with E-state index in [-0.39, 0.29) is 18.3 Å². The molecule has 3 aromatic carbocycles. The van der Waals surface area contributed by atoms with Crippen LogP contribution in [0.4, 0.5) is 5.69 Å². The number of methoxy groups -OCH3 is 1. The average molecular weight is 319 g/mol. The molecule has 0 atom stereocenters. The van der Waals surface area contributed by atoms with E-state index in [1.807, 2.05) is 48.5 Å². The van der Waals surface area contributed by atoms with Crippen molar-refractivity contribution < 1.29 is 14.3 Å². The van der Waals surface area contributed by atoms with Gasteiger partial charge in [0.15, 0.2) is 0 Å². The number of esters is 1. The Morgan fingerprint density at radius 2 is 1.62 bits per heavy atom. The first-order valence-corrected chi connectivity index (χ1v) is 7.62. The SMILES string of the molecule is COC(=O)Cc1ccccc1NC(=O)c1ccc2ccccc2c1. The van der Waals surface area contributed by atoms with Crippen LogP contribution in [0.5, 0.6) is 0 Å². The van der Waals surface area contributed by atoms with E-state index in [4.69, 9.17) is 4.74 Å². The van der Waals surface area contributed by atoms with Crippen LogP contribution in [0.25, 0.3) is 10.8 Å². The van der Waals surface area contributed by atoms with Gasteiger partial charge in [-0.15, -0.1) is 0 Å². The second kappa shape index (κ2) is 6.96. The molecule has 0 bridgehead atoms. The van der Waals surface area contributed by atoms with Crippen LogP contribution in [0.2, 0.25) is 0 Å². The van der Waals surface area contributed by atoms with Crippen LogP contribution in [0.1, 0.15) is 15.9 Å². The Bertz CT molecular complexity index is 902. The molecule has 120 valence electrons. The number of carbonyl (C=O) groups is 2. The Labute approximate surface area is 140 Å². The molecule has 0 aromatic heterocycles. The van der Waals surface area contributed by atoms with Crippen molar-refractivity contribution in [1.29, 1.82) is 0 Å². The fraction of sp³-hybridized carbons (Fsp3) is 0.100. The van der Waals surface area contributed by atoms with E-state index in [9.17, 15) is 9.59 Å². The van der Waals surface area contributed by atoms with Gasteiger partial charge in [-0.05, 0) is 34.5 Å². The van der Waals surface area contributed by atoms with Crippen molar-refractivity contribution in [2.75, 3.05) is 12.4 Å². The minimum atomic E-state index is -0.345. The molecule has 4 nitrogen and oxygen atoms in total. The molecular weight excluding hydrogens is 302 g/mol. The highest BCUT2D eigenvalue weighted by Gasteiger charge is 2.12. The van der Waals surface area contributed by atoms with Gasteiger partial charge in [0.1, 0.15) is 0 Å². The van der Waals surface area contributed by atoms with Gasteiger partial charge in [-0.25, -0.2) is 0 Å². The van der Waals surface area contributed by atoms with E-state index >= 15 is 0 Å². The highest BCUT2D eigenvalue weighted by atomic mass is 16.5. The van der Waals surface area contributed by atoms with Crippen molar-refractivity contribution in [2.24, 2.45) is 0 Å². The van der Waals surface area contributed by atoms with E-state index in [0.717, 1.165) is 16.3 Å². The Balaban J connectivity index is 1.85. The zero-order valence-electron chi connectivity index (χ0n) is 13.3. The van der Waals surface area contributed by atoms with Gasteiger partial charge in [-0.2, -0.15) is 0 Å². The zero-order chi connectivity index (χ0) is 16.9. The molecule has 0 aliphatic carbocycles. The molecule has 0 aliphatic rings. The molecule has 0 radical (unpaired) electrons. The van der Waals surface area contributed by atoms with Gasteiger partial charge >= 0.3 is 5.97 Å². The lowest BCUT2D eigenvalue weighted by Gasteiger charge is -2.11.